The number of rotatable bonds is 6. The number of carbonyl (C=O) groups excluding carboxylic acids is 1. The Morgan fingerprint density at radius 1 is 1.09 bits per heavy atom. The zero-order valence-corrected chi connectivity index (χ0v) is 12.4. The predicted octanol–water partition coefficient (Wildman–Crippen LogP) is 3.08. The maximum atomic E-state index is 13.4. The molecule has 0 spiro atoms. The third-order valence-corrected chi connectivity index (χ3v) is 3.26. The molecule has 5 heteroatoms. The summed E-state index contributed by atoms with van der Waals surface area (Å²) in [5.74, 6) is -0.988. The van der Waals surface area contributed by atoms with Gasteiger partial charge in [0, 0.05) is 6.54 Å². The molecule has 0 aromatic heterocycles. The second-order valence-corrected chi connectivity index (χ2v) is 5.14. The molecule has 0 saturated carbocycles. The van der Waals surface area contributed by atoms with Crippen molar-refractivity contribution in [3.05, 3.63) is 65.7 Å². The van der Waals surface area contributed by atoms with Gasteiger partial charge >= 0.3 is 0 Å². The lowest BCUT2D eigenvalue weighted by Crippen LogP contribution is -2.31. The van der Waals surface area contributed by atoms with Crippen molar-refractivity contribution in [1.29, 1.82) is 0 Å². The van der Waals surface area contributed by atoms with Crippen LogP contribution in [0.2, 0.25) is 0 Å². The van der Waals surface area contributed by atoms with Gasteiger partial charge in [0.1, 0.15) is 11.6 Å². The van der Waals surface area contributed by atoms with Gasteiger partial charge in [-0.15, -0.1) is 0 Å². The number of benzene rings is 2. The SMILES string of the molecule is CN(CCc1ccc(F)cc1)CC(=O)Nc1ccccc1F. The first-order chi connectivity index (χ1) is 10.5. The van der Waals surface area contributed by atoms with Crippen LogP contribution in [0.1, 0.15) is 5.56 Å². The summed E-state index contributed by atoms with van der Waals surface area (Å²) in [5.41, 5.74) is 1.18. The molecule has 0 heterocycles. The van der Waals surface area contributed by atoms with Gasteiger partial charge in [-0.3, -0.25) is 9.69 Å². The number of halogens is 2. The monoisotopic (exact) mass is 304 g/mol. The van der Waals surface area contributed by atoms with Crippen molar-refractivity contribution in [3.8, 4) is 0 Å². The summed E-state index contributed by atoms with van der Waals surface area (Å²) >= 11 is 0. The fraction of sp³-hybridized carbons (Fsp3) is 0.235. The van der Waals surface area contributed by atoms with E-state index in [9.17, 15) is 13.6 Å². The summed E-state index contributed by atoms with van der Waals surface area (Å²) in [4.78, 5) is 13.7. The predicted molar refractivity (Wildman–Crippen MR) is 82.6 cm³/mol. The highest BCUT2D eigenvalue weighted by Gasteiger charge is 2.09. The maximum absolute atomic E-state index is 13.4. The van der Waals surface area contributed by atoms with E-state index < -0.39 is 5.82 Å². The Morgan fingerprint density at radius 2 is 1.77 bits per heavy atom. The quantitative estimate of drug-likeness (QED) is 0.889. The zero-order valence-electron chi connectivity index (χ0n) is 12.4. The Hall–Kier alpha value is -2.27. The second-order valence-electron chi connectivity index (χ2n) is 5.14. The highest BCUT2D eigenvalue weighted by molar-refractivity contribution is 5.92. The molecule has 1 N–H and O–H groups in total. The van der Waals surface area contributed by atoms with Crippen molar-refractivity contribution in [3.63, 3.8) is 0 Å². The Morgan fingerprint density at radius 3 is 2.45 bits per heavy atom. The Balaban J connectivity index is 1.79. The number of nitrogens with one attached hydrogen (secondary N) is 1. The van der Waals surface area contributed by atoms with Crippen LogP contribution in [0.4, 0.5) is 14.5 Å². The summed E-state index contributed by atoms with van der Waals surface area (Å²) in [6, 6.07) is 12.3. The van der Waals surface area contributed by atoms with Crippen LogP contribution < -0.4 is 5.32 Å². The van der Waals surface area contributed by atoms with Crippen molar-refractivity contribution in [2.45, 2.75) is 6.42 Å². The Labute approximate surface area is 128 Å². The van der Waals surface area contributed by atoms with E-state index in [1.54, 1.807) is 24.3 Å². The average Bonchev–Trinajstić information content (AvgIpc) is 2.49. The first-order valence-electron chi connectivity index (χ1n) is 7.02. The minimum absolute atomic E-state index is 0.162. The third-order valence-electron chi connectivity index (χ3n) is 3.26. The summed E-state index contributed by atoms with van der Waals surface area (Å²) in [7, 11) is 1.81. The molecule has 0 aliphatic carbocycles. The van der Waals surface area contributed by atoms with Gasteiger partial charge in [-0.25, -0.2) is 8.78 Å². The molecule has 0 aliphatic rings. The maximum Gasteiger partial charge on any atom is 0.238 e. The summed E-state index contributed by atoms with van der Waals surface area (Å²) in [6.45, 7) is 0.811. The number of para-hydroxylation sites is 1. The van der Waals surface area contributed by atoms with Gasteiger partial charge in [-0.2, -0.15) is 0 Å². The van der Waals surface area contributed by atoms with Gasteiger partial charge in [0.15, 0.2) is 0 Å². The van der Waals surface area contributed by atoms with E-state index in [2.05, 4.69) is 5.32 Å². The molecule has 22 heavy (non-hydrogen) atoms. The molecule has 0 radical (unpaired) electrons. The van der Waals surface area contributed by atoms with E-state index in [-0.39, 0.29) is 24.0 Å². The molecule has 2 rings (SSSR count). The van der Waals surface area contributed by atoms with Crippen LogP contribution in [-0.4, -0.2) is 30.9 Å². The largest absolute Gasteiger partial charge is 0.322 e. The number of carbonyl (C=O) groups is 1. The molecule has 1 amide bonds. The zero-order chi connectivity index (χ0) is 15.9. The van der Waals surface area contributed by atoms with E-state index in [0.717, 1.165) is 5.56 Å². The Bertz CT molecular complexity index is 629. The number of hydrogen-bond donors (Lipinski definition) is 1. The van der Waals surface area contributed by atoms with Gasteiger partial charge in [-0.05, 0) is 43.3 Å². The fourth-order valence-electron chi connectivity index (χ4n) is 2.05. The van der Waals surface area contributed by atoms with Crippen molar-refractivity contribution in [1.82, 2.24) is 4.90 Å². The molecule has 0 aliphatic heterocycles. The highest BCUT2D eigenvalue weighted by atomic mass is 19.1. The van der Waals surface area contributed by atoms with Gasteiger partial charge in [0.25, 0.3) is 0 Å². The first kappa shape index (κ1) is 16.1. The molecule has 2 aromatic carbocycles. The van der Waals surface area contributed by atoms with Crippen LogP contribution in [-0.2, 0) is 11.2 Å². The first-order valence-corrected chi connectivity index (χ1v) is 7.02. The molecule has 3 nitrogen and oxygen atoms in total. The number of hydrogen-bond acceptors (Lipinski definition) is 2. The fourth-order valence-corrected chi connectivity index (χ4v) is 2.05. The minimum atomic E-state index is -0.454. The highest BCUT2D eigenvalue weighted by Crippen LogP contribution is 2.12. The third kappa shape index (κ3) is 4.93. The van der Waals surface area contributed by atoms with Crippen LogP contribution >= 0.6 is 0 Å². The topological polar surface area (TPSA) is 32.3 Å². The Kier molecular flexibility index (Phi) is 5.61. The van der Waals surface area contributed by atoms with Crippen molar-refractivity contribution >= 4 is 11.6 Å². The lowest BCUT2D eigenvalue weighted by atomic mass is 10.1. The normalized spacial score (nSPS) is 10.7. The number of nitrogens with zero attached hydrogens (tertiary/aromatic N) is 1. The molecule has 0 bridgehead atoms. The van der Waals surface area contributed by atoms with Crippen LogP contribution in [0.15, 0.2) is 48.5 Å². The molecule has 2 aromatic rings. The van der Waals surface area contributed by atoms with Crippen LogP contribution in [0.3, 0.4) is 0 Å². The minimum Gasteiger partial charge on any atom is -0.322 e. The summed E-state index contributed by atoms with van der Waals surface area (Å²) in [5, 5.41) is 2.54. The van der Waals surface area contributed by atoms with Gasteiger partial charge < -0.3 is 5.32 Å². The molecule has 0 atom stereocenters. The standard InChI is InChI=1S/C17H18F2N2O/c1-21(11-10-13-6-8-14(18)9-7-13)12-17(22)20-16-5-3-2-4-15(16)19/h2-9H,10-12H2,1H3,(H,20,22). The number of amides is 1. The van der Waals surface area contributed by atoms with Crippen molar-refractivity contribution < 1.29 is 13.6 Å². The van der Waals surface area contributed by atoms with E-state index in [1.165, 1.54) is 24.3 Å². The summed E-state index contributed by atoms with van der Waals surface area (Å²) < 4.78 is 26.2. The lowest BCUT2D eigenvalue weighted by Gasteiger charge is -2.16. The van der Waals surface area contributed by atoms with E-state index >= 15 is 0 Å². The number of anilines is 1. The van der Waals surface area contributed by atoms with E-state index in [1.807, 2.05) is 11.9 Å². The molecule has 0 unspecified atom stereocenters. The van der Waals surface area contributed by atoms with Gasteiger partial charge in [0.2, 0.25) is 5.91 Å². The molecular formula is C17H18F2N2O. The molecule has 116 valence electrons. The number of likely N-dealkylation sites (N-methyl/N-ethyl adjacent to an activating group) is 1. The van der Waals surface area contributed by atoms with Gasteiger partial charge in [0.05, 0.1) is 12.2 Å². The van der Waals surface area contributed by atoms with E-state index in [0.29, 0.717) is 13.0 Å². The van der Waals surface area contributed by atoms with Crippen molar-refractivity contribution in [2.75, 3.05) is 25.5 Å². The summed E-state index contributed by atoms with van der Waals surface area (Å²) in [6.07, 6.45) is 0.712. The van der Waals surface area contributed by atoms with E-state index in [4.69, 9.17) is 0 Å². The lowest BCUT2D eigenvalue weighted by molar-refractivity contribution is -0.117. The second kappa shape index (κ2) is 7.66. The molecule has 0 saturated heterocycles. The van der Waals surface area contributed by atoms with Crippen LogP contribution in [0, 0.1) is 11.6 Å². The van der Waals surface area contributed by atoms with Crippen LogP contribution in [0.5, 0.6) is 0 Å². The smallest absolute Gasteiger partial charge is 0.238 e. The van der Waals surface area contributed by atoms with Crippen molar-refractivity contribution in [2.24, 2.45) is 0 Å². The molecule has 0 fully saturated rings. The average molecular weight is 304 g/mol. The molecular weight excluding hydrogens is 286 g/mol. The van der Waals surface area contributed by atoms with Crippen LogP contribution in [0.25, 0.3) is 0 Å². The van der Waals surface area contributed by atoms with Gasteiger partial charge in [-0.1, -0.05) is 24.3 Å².